The van der Waals surface area contributed by atoms with Crippen LogP contribution in [-0.2, 0) is 0 Å². The normalized spacial score (nSPS) is 22.5. The van der Waals surface area contributed by atoms with Gasteiger partial charge in [0.2, 0.25) is 0 Å². The third-order valence-corrected chi connectivity index (χ3v) is 5.38. The van der Waals surface area contributed by atoms with Crippen LogP contribution in [0.3, 0.4) is 0 Å². The first kappa shape index (κ1) is 14.7. The predicted molar refractivity (Wildman–Crippen MR) is 92.3 cm³/mol. The average molecular weight is 286 g/mol. The summed E-state index contributed by atoms with van der Waals surface area (Å²) >= 11 is 0. The average Bonchev–Trinajstić information content (AvgIpc) is 2.97. The van der Waals surface area contributed by atoms with Crippen LogP contribution in [0.15, 0.2) is 18.2 Å². The standard InChI is InChI=1S/C19H30N2/c1-15-14-17(21-12-4-5-13-21)6-7-18(15)20-16-8-10-19(2,3)11-9-16/h6-7,14,16,20H,4-5,8-13H2,1-3H3. The van der Waals surface area contributed by atoms with E-state index in [2.05, 4.69) is 49.2 Å². The van der Waals surface area contributed by atoms with Crippen LogP contribution in [0.4, 0.5) is 11.4 Å². The quantitative estimate of drug-likeness (QED) is 0.843. The van der Waals surface area contributed by atoms with Crippen LogP contribution < -0.4 is 10.2 Å². The van der Waals surface area contributed by atoms with Crippen molar-refractivity contribution in [3.63, 3.8) is 0 Å². The fourth-order valence-electron chi connectivity index (χ4n) is 3.75. The van der Waals surface area contributed by atoms with Crippen LogP contribution in [0.5, 0.6) is 0 Å². The molecule has 0 amide bonds. The maximum absolute atomic E-state index is 3.79. The van der Waals surface area contributed by atoms with Gasteiger partial charge in [-0.05, 0) is 74.6 Å². The zero-order valence-electron chi connectivity index (χ0n) is 13.9. The van der Waals surface area contributed by atoms with Crippen LogP contribution in [0.1, 0.15) is 57.9 Å². The van der Waals surface area contributed by atoms with Crippen molar-refractivity contribution in [3.05, 3.63) is 23.8 Å². The Morgan fingerprint density at radius 2 is 1.76 bits per heavy atom. The van der Waals surface area contributed by atoms with Crippen LogP contribution >= 0.6 is 0 Å². The summed E-state index contributed by atoms with van der Waals surface area (Å²) in [6, 6.07) is 7.62. The van der Waals surface area contributed by atoms with Gasteiger partial charge in [-0.1, -0.05) is 13.8 Å². The largest absolute Gasteiger partial charge is 0.382 e. The summed E-state index contributed by atoms with van der Waals surface area (Å²) in [5, 5.41) is 3.79. The molecule has 0 atom stereocenters. The molecule has 1 aliphatic carbocycles. The molecule has 1 saturated heterocycles. The van der Waals surface area contributed by atoms with E-state index in [1.807, 2.05) is 0 Å². The highest BCUT2D eigenvalue weighted by atomic mass is 15.1. The summed E-state index contributed by atoms with van der Waals surface area (Å²) in [5.41, 5.74) is 4.68. The lowest BCUT2D eigenvalue weighted by atomic mass is 9.75. The molecule has 2 fully saturated rings. The minimum Gasteiger partial charge on any atom is -0.382 e. The third kappa shape index (κ3) is 3.53. The van der Waals surface area contributed by atoms with Crippen molar-refractivity contribution in [1.82, 2.24) is 0 Å². The Morgan fingerprint density at radius 1 is 1.10 bits per heavy atom. The van der Waals surface area contributed by atoms with E-state index >= 15 is 0 Å². The van der Waals surface area contributed by atoms with Gasteiger partial charge in [0, 0.05) is 30.5 Å². The topological polar surface area (TPSA) is 15.3 Å². The van der Waals surface area contributed by atoms with E-state index in [0.29, 0.717) is 11.5 Å². The number of hydrogen-bond acceptors (Lipinski definition) is 2. The van der Waals surface area contributed by atoms with Gasteiger partial charge in [0.05, 0.1) is 0 Å². The second-order valence-electron chi connectivity index (χ2n) is 7.78. The Labute approximate surface area is 129 Å². The van der Waals surface area contributed by atoms with E-state index < -0.39 is 0 Å². The van der Waals surface area contributed by atoms with E-state index in [0.717, 1.165) is 0 Å². The Balaban J connectivity index is 1.63. The van der Waals surface area contributed by atoms with Crippen LogP contribution in [0, 0.1) is 12.3 Å². The van der Waals surface area contributed by atoms with Crippen molar-refractivity contribution >= 4 is 11.4 Å². The van der Waals surface area contributed by atoms with Gasteiger partial charge in [0.25, 0.3) is 0 Å². The number of nitrogens with zero attached hydrogens (tertiary/aromatic N) is 1. The Morgan fingerprint density at radius 3 is 2.38 bits per heavy atom. The molecule has 1 saturated carbocycles. The van der Waals surface area contributed by atoms with Gasteiger partial charge in [-0.15, -0.1) is 0 Å². The second kappa shape index (κ2) is 5.90. The van der Waals surface area contributed by atoms with Crippen LogP contribution in [-0.4, -0.2) is 19.1 Å². The minimum atomic E-state index is 0.548. The first-order chi connectivity index (χ1) is 10.0. The maximum Gasteiger partial charge on any atom is 0.0373 e. The molecule has 2 nitrogen and oxygen atoms in total. The highest BCUT2D eigenvalue weighted by molar-refractivity contribution is 5.61. The highest BCUT2D eigenvalue weighted by Gasteiger charge is 2.26. The molecular formula is C19H30N2. The van der Waals surface area contributed by atoms with Gasteiger partial charge in [0.15, 0.2) is 0 Å². The molecule has 0 unspecified atom stereocenters. The lowest BCUT2D eigenvalue weighted by Gasteiger charge is -2.35. The van der Waals surface area contributed by atoms with Crippen molar-refractivity contribution < 1.29 is 0 Å². The first-order valence-electron chi connectivity index (χ1n) is 8.66. The molecular weight excluding hydrogens is 256 g/mol. The van der Waals surface area contributed by atoms with Gasteiger partial charge < -0.3 is 10.2 Å². The zero-order valence-corrected chi connectivity index (χ0v) is 13.9. The number of rotatable bonds is 3. The zero-order chi connectivity index (χ0) is 14.9. The molecule has 1 N–H and O–H groups in total. The summed E-state index contributed by atoms with van der Waals surface area (Å²) in [6.45, 7) is 9.50. The van der Waals surface area contributed by atoms with Gasteiger partial charge >= 0.3 is 0 Å². The van der Waals surface area contributed by atoms with Gasteiger partial charge in [-0.2, -0.15) is 0 Å². The predicted octanol–water partition coefficient (Wildman–Crippen LogP) is 4.98. The summed E-state index contributed by atoms with van der Waals surface area (Å²) in [5.74, 6) is 0. The minimum absolute atomic E-state index is 0.548. The number of nitrogens with one attached hydrogen (secondary N) is 1. The van der Waals surface area contributed by atoms with Crippen LogP contribution in [0.25, 0.3) is 0 Å². The molecule has 2 heteroatoms. The molecule has 0 bridgehead atoms. The Kier molecular flexibility index (Phi) is 4.14. The second-order valence-corrected chi connectivity index (χ2v) is 7.78. The summed E-state index contributed by atoms with van der Waals surface area (Å²) in [4.78, 5) is 2.51. The monoisotopic (exact) mass is 286 g/mol. The van der Waals surface area contributed by atoms with E-state index in [4.69, 9.17) is 0 Å². The molecule has 0 aromatic heterocycles. The highest BCUT2D eigenvalue weighted by Crippen LogP contribution is 2.36. The van der Waals surface area contributed by atoms with Gasteiger partial charge in [-0.3, -0.25) is 0 Å². The summed E-state index contributed by atoms with van der Waals surface area (Å²) in [7, 11) is 0. The van der Waals surface area contributed by atoms with Crippen molar-refractivity contribution in [2.24, 2.45) is 5.41 Å². The number of aryl methyl sites for hydroxylation is 1. The molecule has 1 aliphatic heterocycles. The summed E-state index contributed by atoms with van der Waals surface area (Å²) < 4.78 is 0. The van der Waals surface area contributed by atoms with Crippen molar-refractivity contribution in [3.8, 4) is 0 Å². The van der Waals surface area contributed by atoms with Crippen molar-refractivity contribution in [2.75, 3.05) is 23.3 Å². The number of hydrogen-bond donors (Lipinski definition) is 1. The molecule has 1 heterocycles. The fourth-order valence-corrected chi connectivity index (χ4v) is 3.75. The lowest BCUT2D eigenvalue weighted by molar-refractivity contribution is 0.232. The van der Waals surface area contributed by atoms with E-state index in [1.54, 1.807) is 0 Å². The van der Waals surface area contributed by atoms with E-state index in [1.165, 1.54) is 68.6 Å². The number of benzene rings is 1. The van der Waals surface area contributed by atoms with Crippen molar-refractivity contribution in [2.45, 2.75) is 65.3 Å². The van der Waals surface area contributed by atoms with E-state index in [9.17, 15) is 0 Å². The summed E-state index contributed by atoms with van der Waals surface area (Å²) in [6.07, 6.45) is 7.99. The lowest BCUT2D eigenvalue weighted by Crippen LogP contribution is -2.30. The molecule has 1 aromatic carbocycles. The van der Waals surface area contributed by atoms with Gasteiger partial charge in [0.1, 0.15) is 0 Å². The first-order valence-corrected chi connectivity index (χ1v) is 8.66. The molecule has 2 aliphatic rings. The van der Waals surface area contributed by atoms with E-state index in [-0.39, 0.29) is 0 Å². The molecule has 116 valence electrons. The molecule has 1 aromatic rings. The molecule has 0 spiro atoms. The maximum atomic E-state index is 3.79. The van der Waals surface area contributed by atoms with Crippen LogP contribution in [0.2, 0.25) is 0 Å². The third-order valence-electron chi connectivity index (χ3n) is 5.38. The molecule has 3 rings (SSSR count). The SMILES string of the molecule is Cc1cc(N2CCCC2)ccc1NC1CCC(C)(C)CC1. The Bertz CT molecular complexity index is 476. The van der Waals surface area contributed by atoms with Crippen molar-refractivity contribution in [1.29, 1.82) is 0 Å². The Hall–Kier alpha value is -1.18. The smallest absolute Gasteiger partial charge is 0.0373 e. The fraction of sp³-hybridized carbons (Fsp3) is 0.684. The van der Waals surface area contributed by atoms with Gasteiger partial charge in [-0.25, -0.2) is 0 Å². The molecule has 21 heavy (non-hydrogen) atoms. The number of anilines is 2. The molecule has 0 radical (unpaired) electrons.